The van der Waals surface area contributed by atoms with E-state index in [1.54, 1.807) is 13.8 Å². The zero-order valence-electron chi connectivity index (χ0n) is 11.6. The van der Waals surface area contributed by atoms with Crippen molar-refractivity contribution in [3.05, 3.63) is 0 Å². The Morgan fingerprint density at radius 1 is 1.39 bits per heavy atom. The SMILES string of the molecule is CC1(C)O[C@H](C=O)C[C@H](C(C(=O)O)C(C)(C)C)O1. The molecule has 1 N–H and O–H groups in total. The highest BCUT2D eigenvalue weighted by Gasteiger charge is 2.46. The first-order valence-corrected chi connectivity index (χ1v) is 6.10. The van der Waals surface area contributed by atoms with Gasteiger partial charge in [0.1, 0.15) is 12.4 Å². The topological polar surface area (TPSA) is 72.8 Å². The van der Waals surface area contributed by atoms with E-state index in [4.69, 9.17) is 9.47 Å². The van der Waals surface area contributed by atoms with Crippen molar-refractivity contribution in [1.29, 1.82) is 0 Å². The van der Waals surface area contributed by atoms with Crippen LogP contribution < -0.4 is 0 Å². The molecular formula is C13H22O5. The molecule has 0 aromatic heterocycles. The van der Waals surface area contributed by atoms with E-state index in [1.807, 2.05) is 20.8 Å². The Hall–Kier alpha value is -0.940. The molecule has 0 amide bonds. The number of carboxylic acids is 1. The van der Waals surface area contributed by atoms with Crippen LogP contribution >= 0.6 is 0 Å². The zero-order valence-corrected chi connectivity index (χ0v) is 11.6. The Morgan fingerprint density at radius 3 is 2.33 bits per heavy atom. The van der Waals surface area contributed by atoms with Crippen LogP contribution in [0.15, 0.2) is 0 Å². The number of aliphatic carboxylic acids is 1. The number of ether oxygens (including phenoxy) is 2. The molecular weight excluding hydrogens is 236 g/mol. The third-order valence-corrected chi connectivity index (χ3v) is 3.06. The Labute approximate surface area is 107 Å². The molecule has 0 radical (unpaired) electrons. The molecule has 104 valence electrons. The molecule has 0 saturated carbocycles. The number of carboxylic acid groups (broad SMARTS) is 1. The molecule has 1 heterocycles. The fourth-order valence-electron chi connectivity index (χ4n) is 2.46. The maximum absolute atomic E-state index is 11.4. The van der Waals surface area contributed by atoms with E-state index < -0.39 is 35.3 Å². The maximum Gasteiger partial charge on any atom is 0.309 e. The van der Waals surface area contributed by atoms with E-state index >= 15 is 0 Å². The average molecular weight is 258 g/mol. The minimum absolute atomic E-state index is 0.279. The van der Waals surface area contributed by atoms with E-state index in [1.165, 1.54) is 0 Å². The molecule has 0 spiro atoms. The van der Waals surface area contributed by atoms with Crippen LogP contribution in [0.5, 0.6) is 0 Å². The number of hydrogen-bond donors (Lipinski definition) is 1. The summed E-state index contributed by atoms with van der Waals surface area (Å²) in [5, 5.41) is 9.38. The standard InChI is InChI=1S/C13H22O5/c1-12(2,3)10(11(15)16)9-6-8(7-14)17-13(4,5)18-9/h7-10H,6H2,1-5H3,(H,15,16)/t8-,9+,10?/m0/s1. The summed E-state index contributed by atoms with van der Waals surface area (Å²) >= 11 is 0. The monoisotopic (exact) mass is 258 g/mol. The van der Waals surface area contributed by atoms with Gasteiger partial charge in [0.2, 0.25) is 0 Å². The number of carbonyl (C=O) groups excluding carboxylic acids is 1. The van der Waals surface area contributed by atoms with Crippen LogP contribution in [0, 0.1) is 11.3 Å². The summed E-state index contributed by atoms with van der Waals surface area (Å²) in [4.78, 5) is 22.3. The van der Waals surface area contributed by atoms with Crippen LogP contribution in [-0.2, 0) is 19.1 Å². The number of hydrogen-bond acceptors (Lipinski definition) is 4. The van der Waals surface area contributed by atoms with Gasteiger partial charge in [0.15, 0.2) is 5.79 Å². The summed E-state index contributed by atoms with van der Waals surface area (Å²) in [5.41, 5.74) is -0.447. The summed E-state index contributed by atoms with van der Waals surface area (Å²) in [6.07, 6.45) is -0.149. The highest BCUT2D eigenvalue weighted by atomic mass is 16.7. The summed E-state index contributed by atoms with van der Waals surface area (Å²) in [6, 6.07) is 0. The third-order valence-electron chi connectivity index (χ3n) is 3.06. The average Bonchev–Trinajstić information content (AvgIpc) is 2.11. The van der Waals surface area contributed by atoms with Gasteiger partial charge in [-0.15, -0.1) is 0 Å². The third kappa shape index (κ3) is 3.53. The fraction of sp³-hybridized carbons (Fsp3) is 0.846. The largest absolute Gasteiger partial charge is 0.481 e. The highest BCUT2D eigenvalue weighted by Crippen LogP contribution is 2.37. The van der Waals surface area contributed by atoms with Crippen molar-refractivity contribution in [2.45, 2.75) is 59.0 Å². The van der Waals surface area contributed by atoms with Crippen molar-refractivity contribution in [3.63, 3.8) is 0 Å². The molecule has 5 heteroatoms. The first-order valence-electron chi connectivity index (χ1n) is 6.10. The molecule has 1 fully saturated rings. The Bertz CT molecular complexity index is 329. The lowest BCUT2D eigenvalue weighted by atomic mass is 9.75. The molecule has 18 heavy (non-hydrogen) atoms. The Morgan fingerprint density at radius 2 is 1.94 bits per heavy atom. The van der Waals surface area contributed by atoms with Gasteiger partial charge < -0.3 is 19.4 Å². The van der Waals surface area contributed by atoms with Crippen molar-refractivity contribution in [2.24, 2.45) is 11.3 Å². The van der Waals surface area contributed by atoms with Gasteiger partial charge in [0.05, 0.1) is 12.0 Å². The van der Waals surface area contributed by atoms with Gasteiger partial charge in [-0.3, -0.25) is 4.79 Å². The van der Waals surface area contributed by atoms with E-state index in [0.717, 1.165) is 0 Å². The lowest BCUT2D eigenvalue weighted by Crippen LogP contribution is -2.52. The Balaban J connectivity index is 2.98. The van der Waals surface area contributed by atoms with Crippen LogP contribution in [0.1, 0.15) is 41.0 Å². The molecule has 3 atom stereocenters. The quantitative estimate of drug-likeness (QED) is 0.782. The van der Waals surface area contributed by atoms with Crippen molar-refractivity contribution in [2.75, 3.05) is 0 Å². The van der Waals surface area contributed by atoms with Crippen molar-refractivity contribution < 1.29 is 24.2 Å². The van der Waals surface area contributed by atoms with Crippen LogP contribution in [0.2, 0.25) is 0 Å². The molecule has 0 aromatic carbocycles. The maximum atomic E-state index is 11.4. The molecule has 1 rings (SSSR count). The predicted octanol–water partition coefficient (Wildman–Crippen LogP) is 1.84. The smallest absolute Gasteiger partial charge is 0.309 e. The van der Waals surface area contributed by atoms with E-state index in [9.17, 15) is 14.7 Å². The molecule has 1 aliphatic rings. The second-order valence-electron chi connectivity index (χ2n) is 6.27. The first kappa shape index (κ1) is 15.1. The minimum atomic E-state index is -0.937. The number of rotatable bonds is 3. The van der Waals surface area contributed by atoms with Gasteiger partial charge in [-0.25, -0.2) is 0 Å². The molecule has 1 saturated heterocycles. The molecule has 0 aromatic rings. The molecule has 1 aliphatic heterocycles. The number of aldehydes is 1. The van der Waals surface area contributed by atoms with Gasteiger partial charge in [-0.2, -0.15) is 0 Å². The molecule has 0 bridgehead atoms. The first-order chi connectivity index (χ1) is 8.07. The molecule has 0 aliphatic carbocycles. The lowest BCUT2D eigenvalue weighted by molar-refractivity contribution is -0.302. The van der Waals surface area contributed by atoms with Gasteiger partial charge in [-0.05, 0) is 19.3 Å². The van der Waals surface area contributed by atoms with Crippen molar-refractivity contribution in [3.8, 4) is 0 Å². The van der Waals surface area contributed by atoms with Crippen LogP contribution in [-0.4, -0.2) is 35.4 Å². The second kappa shape index (κ2) is 4.97. The number of carbonyl (C=O) groups is 2. The van der Waals surface area contributed by atoms with Gasteiger partial charge >= 0.3 is 5.97 Å². The summed E-state index contributed by atoms with van der Waals surface area (Å²) in [6.45, 7) is 8.95. The van der Waals surface area contributed by atoms with Gasteiger partial charge in [-0.1, -0.05) is 20.8 Å². The molecule has 1 unspecified atom stereocenters. The van der Waals surface area contributed by atoms with E-state index in [-0.39, 0.29) is 6.42 Å². The lowest BCUT2D eigenvalue weighted by Gasteiger charge is -2.44. The summed E-state index contributed by atoms with van der Waals surface area (Å²) in [5.74, 6) is -2.52. The van der Waals surface area contributed by atoms with E-state index in [0.29, 0.717) is 6.29 Å². The van der Waals surface area contributed by atoms with Crippen LogP contribution in [0.4, 0.5) is 0 Å². The van der Waals surface area contributed by atoms with Crippen LogP contribution in [0.25, 0.3) is 0 Å². The van der Waals surface area contributed by atoms with Crippen molar-refractivity contribution >= 4 is 12.3 Å². The summed E-state index contributed by atoms with van der Waals surface area (Å²) < 4.78 is 11.1. The van der Waals surface area contributed by atoms with Gasteiger partial charge in [0, 0.05) is 6.42 Å². The second-order valence-corrected chi connectivity index (χ2v) is 6.27. The van der Waals surface area contributed by atoms with Gasteiger partial charge in [0.25, 0.3) is 0 Å². The van der Waals surface area contributed by atoms with Crippen LogP contribution in [0.3, 0.4) is 0 Å². The highest BCUT2D eigenvalue weighted by molar-refractivity contribution is 5.72. The minimum Gasteiger partial charge on any atom is -0.481 e. The fourth-order valence-corrected chi connectivity index (χ4v) is 2.46. The normalized spacial score (nSPS) is 29.6. The zero-order chi connectivity index (χ0) is 14.1. The predicted molar refractivity (Wildman–Crippen MR) is 65.1 cm³/mol. The Kier molecular flexibility index (Phi) is 4.18. The summed E-state index contributed by atoms with van der Waals surface area (Å²) in [7, 11) is 0. The van der Waals surface area contributed by atoms with Crippen molar-refractivity contribution in [1.82, 2.24) is 0 Å². The molecule has 5 nitrogen and oxygen atoms in total. The van der Waals surface area contributed by atoms with E-state index in [2.05, 4.69) is 0 Å².